The summed E-state index contributed by atoms with van der Waals surface area (Å²) in [6.45, 7) is 6.02. The lowest BCUT2D eigenvalue weighted by Gasteiger charge is -2.02. The fraction of sp³-hybridized carbons (Fsp3) is 0.400. The third-order valence-electron chi connectivity index (χ3n) is 3.40. The maximum absolute atomic E-state index is 5.27. The number of nitrogens with zero attached hydrogens (tertiary/aromatic N) is 6. The van der Waals surface area contributed by atoms with E-state index in [0.717, 1.165) is 18.4 Å². The van der Waals surface area contributed by atoms with Crippen molar-refractivity contribution >= 4 is 0 Å². The molecular formula is C15H18N6O. The zero-order chi connectivity index (χ0) is 15.5. The van der Waals surface area contributed by atoms with Crippen molar-refractivity contribution in [3.8, 4) is 11.4 Å². The normalized spacial score (nSPS) is 12.5. The van der Waals surface area contributed by atoms with Crippen molar-refractivity contribution < 1.29 is 4.52 Å². The van der Waals surface area contributed by atoms with Crippen LogP contribution < -0.4 is 0 Å². The van der Waals surface area contributed by atoms with E-state index in [1.165, 1.54) is 10.4 Å². The largest absolute Gasteiger partial charge is 0.337 e. The van der Waals surface area contributed by atoms with Gasteiger partial charge >= 0.3 is 0 Å². The Hall–Kier alpha value is -2.57. The molecule has 0 N–H and O–H groups in total. The predicted octanol–water partition coefficient (Wildman–Crippen LogP) is 2.59. The topological polar surface area (TPSA) is 82.5 Å². The summed E-state index contributed by atoms with van der Waals surface area (Å²) < 4.78 is 5.27. The maximum Gasteiger partial charge on any atom is 0.253 e. The van der Waals surface area contributed by atoms with E-state index in [1.807, 2.05) is 38.1 Å². The fourth-order valence-corrected chi connectivity index (χ4v) is 2.07. The summed E-state index contributed by atoms with van der Waals surface area (Å²) in [7, 11) is 0. The molecule has 0 unspecified atom stereocenters. The van der Waals surface area contributed by atoms with Crippen LogP contribution in [0.3, 0.4) is 0 Å². The van der Waals surface area contributed by atoms with E-state index in [1.54, 1.807) is 0 Å². The highest BCUT2D eigenvalue weighted by Crippen LogP contribution is 2.18. The number of aryl methyl sites for hydroxylation is 2. The van der Waals surface area contributed by atoms with Crippen LogP contribution in [-0.4, -0.2) is 30.3 Å². The maximum atomic E-state index is 5.27. The third kappa shape index (κ3) is 2.88. The second-order valence-electron chi connectivity index (χ2n) is 5.27. The number of aromatic nitrogens is 6. The van der Waals surface area contributed by atoms with Crippen LogP contribution in [0.1, 0.15) is 43.6 Å². The van der Waals surface area contributed by atoms with Crippen molar-refractivity contribution in [2.75, 3.05) is 0 Å². The van der Waals surface area contributed by atoms with Gasteiger partial charge in [0, 0.05) is 12.0 Å². The minimum Gasteiger partial charge on any atom is -0.337 e. The Bertz CT molecular complexity index is 745. The van der Waals surface area contributed by atoms with E-state index >= 15 is 0 Å². The van der Waals surface area contributed by atoms with Crippen LogP contribution in [0.15, 0.2) is 28.8 Å². The molecule has 0 spiro atoms. The smallest absolute Gasteiger partial charge is 0.253 e. The van der Waals surface area contributed by atoms with Crippen molar-refractivity contribution in [2.24, 2.45) is 0 Å². The van der Waals surface area contributed by atoms with Gasteiger partial charge in [-0.1, -0.05) is 41.9 Å². The number of hydrogen-bond donors (Lipinski definition) is 0. The lowest BCUT2D eigenvalue weighted by Crippen LogP contribution is -2.11. The number of hydrogen-bond acceptors (Lipinski definition) is 6. The summed E-state index contributed by atoms with van der Waals surface area (Å²) in [4.78, 5) is 5.86. The molecule has 7 heteroatoms. The van der Waals surface area contributed by atoms with Gasteiger partial charge in [0.25, 0.3) is 5.89 Å². The molecule has 3 aromatic rings. The van der Waals surface area contributed by atoms with Crippen LogP contribution in [0.5, 0.6) is 0 Å². The number of rotatable bonds is 5. The SMILES string of the molecule is CCCc1noc([C@H](C)n2nnc(-c3ccc(C)cc3)n2)n1. The molecule has 3 rings (SSSR count). The third-order valence-corrected chi connectivity index (χ3v) is 3.40. The first kappa shape index (κ1) is 14.4. The van der Waals surface area contributed by atoms with Crippen LogP contribution >= 0.6 is 0 Å². The summed E-state index contributed by atoms with van der Waals surface area (Å²) >= 11 is 0. The average Bonchev–Trinajstić information content (AvgIpc) is 3.17. The molecule has 7 nitrogen and oxygen atoms in total. The Morgan fingerprint density at radius 2 is 2.00 bits per heavy atom. The monoisotopic (exact) mass is 298 g/mol. The van der Waals surface area contributed by atoms with Crippen LogP contribution in [0.25, 0.3) is 11.4 Å². The van der Waals surface area contributed by atoms with E-state index in [9.17, 15) is 0 Å². The lowest BCUT2D eigenvalue weighted by atomic mass is 10.1. The minimum atomic E-state index is -0.246. The summed E-state index contributed by atoms with van der Waals surface area (Å²) in [6.07, 6.45) is 1.78. The molecule has 0 saturated carbocycles. The first-order valence-electron chi connectivity index (χ1n) is 7.36. The standard InChI is InChI=1S/C15H18N6O/c1-4-5-13-16-15(22-19-13)11(3)21-18-14(17-20-21)12-8-6-10(2)7-9-12/h6-9,11H,4-5H2,1-3H3/t11-/m0/s1. The zero-order valence-corrected chi connectivity index (χ0v) is 12.9. The van der Waals surface area contributed by atoms with Crippen molar-refractivity contribution in [3.05, 3.63) is 41.5 Å². The molecule has 1 aromatic carbocycles. The van der Waals surface area contributed by atoms with Gasteiger partial charge < -0.3 is 4.52 Å². The Morgan fingerprint density at radius 1 is 1.23 bits per heavy atom. The molecule has 0 radical (unpaired) electrons. The molecule has 1 atom stereocenters. The van der Waals surface area contributed by atoms with Crippen LogP contribution in [0, 0.1) is 6.92 Å². The molecule has 0 aliphatic carbocycles. The van der Waals surface area contributed by atoms with Gasteiger partial charge in [-0.05, 0) is 25.5 Å². The molecular weight excluding hydrogens is 280 g/mol. The summed E-state index contributed by atoms with van der Waals surface area (Å²) in [5, 5.41) is 16.6. The fourth-order valence-electron chi connectivity index (χ4n) is 2.07. The second-order valence-corrected chi connectivity index (χ2v) is 5.27. The summed E-state index contributed by atoms with van der Waals surface area (Å²) in [5.41, 5.74) is 2.13. The van der Waals surface area contributed by atoms with Gasteiger partial charge in [0.15, 0.2) is 5.82 Å². The predicted molar refractivity (Wildman–Crippen MR) is 80.1 cm³/mol. The van der Waals surface area contributed by atoms with E-state index < -0.39 is 0 Å². The van der Waals surface area contributed by atoms with Gasteiger partial charge in [-0.15, -0.1) is 10.2 Å². The average molecular weight is 298 g/mol. The van der Waals surface area contributed by atoms with Crippen molar-refractivity contribution in [1.29, 1.82) is 0 Å². The molecule has 0 aliphatic heterocycles. The Morgan fingerprint density at radius 3 is 2.73 bits per heavy atom. The molecule has 0 aliphatic rings. The van der Waals surface area contributed by atoms with Crippen molar-refractivity contribution in [2.45, 2.75) is 39.7 Å². The van der Waals surface area contributed by atoms with Crippen LogP contribution in [0.4, 0.5) is 0 Å². The summed E-state index contributed by atoms with van der Waals surface area (Å²) in [6, 6.07) is 7.76. The molecule has 2 aromatic heterocycles. The first-order valence-corrected chi connectivity index (χ1v) is 7.36. The molecule has 0 amide bonds. The van der Waals surface area contributed by atoms with E-state index in [4.69, 9.17) is 4.52 Å². The van der Waals surface area contributed by atoms with Crippen molar-refractivity contribution in [3.63, 3.8) is 0 Å². The molecule has 22 heavy (non-hydrogen) atoms. The van der Waals surface area contributed by atoms with Gasteiger partial charge in [0.05, 0.1) is 0 Å². The van der Waals surface area contributed by atoms with E-state index in [2.05, 4.69) is 32.5 Å². The number of tetrazole rings is 1. The Kier molecular flexibility index (Phi) is 3.95. The minimum absolute atomic E-state index is 0.246. The molecule has 114 valence electrons. The molecule has 0 fully saturated rings. The molecule has 2 heterocycles. The van der Waals surface area contributed by atoms with Gasteiger partial charge in [-0.25, -0.2) is 0 Å². The van der Waals surface area contributed by atoms with Gasteiger partial charge in [-0.2, -0.15) is 9.78 Å². The quantitative estimate of drug-likeness (QED) is 0.720. The Balaban J connectivity index is 1.81. The Labute approximate surface area is 128 Å². The van der Waals surface area contributed by atoms with E-state index in [-0.39, 0.29) is 6.04 Å². The lowest BCUT2D eigenvalue weighted by molar-refractivity contribution is 0.318. The van der Waals surface area contributed by atoms with Gasteiger partial charge in [0.1, 0.15) is 6.04 Å². The highest BCUT2D eigenvalue weighted by atomic mass is 16.5. The number of benzene rings is 1. The zero-order valence-electron chi connectivity index (χ0n) is 12.9. The van der Waals surface area contributed by atoms with Crippen LogP contribution in [0.2, 0.25) is 0 Å². The highest BCUT2D eigenvalue weighted by molar-refractivity contribution is 5.54. The van der Waals surface area contributed by atoms with E-state index in [0.29, 0.717) is 17.5 Å². The molecule has 0 bridgehead atoms. The highest BCUT2D eigenvalue weighted by Gasteiger charge is 2.19. The van der Waals surface area contributed by atoms with Crippen LogP contribution in [-0.2, 0) is 6.42 Å². The second kappa shape index (κ2) is 6.05. The van der Waals surface area contributed by atoms with Gasteiger partial charge in [-0.3, -0.25) is 0 Å². The van der Waals surface area contributed by atoms with Crippen molar-refractivity contribution in [1.82, 2.24) is 30.3 Å². The molecule has 0 saturated heterocycles. The van der Waals surface area contributed by atoms with Gasteiger partial charge in [0.2, 0.25) is 5.82 Å². The first-order chi connectivity index (χ1) is 10.7. The summed E-state index contributed by atoms with van der Waals surface area (Å²) in [5.74, 6) is 1.79.